The summed E-state index contributed by atoms with van der Waals surface area (Å²) in [6.07, 6.45) is 0. The number of aromatic nitrogens is 4. The van der Waals surface area contributed by atoms with Gasteiger partial charge in [0.25, 0.3) is 0 Å². The lowest BCUT2D eigenvalue weighted by Gasteiger charge is -2.15. The Hall–Kier alpha value is -7.21. The first-order valence-electron chi connectivity index (χ1n) is 18.8. The molecule has 0 aliphatic carbocycles. The number of thiophene rings is 1. The minimum Gasteiger partial charge on any atom is -0.309 e. The average Bonchev–Trinajstić information content (AvgIpc) is 3.82. The van der Waals surface area contributed by atoms with Crippen LogP contribution in [0.4, 0.5) is 0 Å². The number of para-hydroxylation sites is 2. The van der Waals surface area contributed by atoms with Gasteiger partial charge in [-0.1, -0.05) is 152 Å². The summed E-state index contributed by atoms with van der Waals surface area (Å²) in [6, 6.07) is 68.7. The molecule has 0 spiro atoms. The highest BCUT2D eigenvalue weighted by Crippen LogP contribution is 2.38. The number of nitrogens with zero attached hydrogens (tertiary/aromatic N) is 4. The molecule has 0 aliphatic rings. The first-order valence-corrected chi connectivity index (χ1v) is 19.6. The third-order valence-electron chi connectivity index (χ3n) is 10.6. The zero-order valence-corrected chi connectivity index (χ0v) is 31.0. The van der Waals surface area contributed by atoms with Gasteiger partial charge in [-0.05, 0) is 64.7 Å². The van der Waals surface area contributed by atoms with Crippen molar-refractivity contribution in [1.29, 1.82) is 0 Å². The zero-order valence-electron chi connectivity index (χ0n) is 30.2. The maximum absolute atomic E-state index is 5.27. The molecule has 0 aliphatic heterocycles. The third-order valence-corrected chi connectivity index (χ3v) is 11.8. The number of hydrogen-bond acceptors (Lipinski definition) is 4. The normalized spacial score (nSPS) is 11.6. The standard InChI is InChI=1S/C51H32N4S/c1-3-13-33(14-4-1)34-23-25-35(26-24-34)38-29-39(31-40(30-38)55-45-20-10-7-17-41(45)42-18-8-11-21-46(42)55)51-53-49(36-15-5-2-6-16-36)52-50(54-51)37-27-28-44-43-19-9-12-22-47(43)56-48(44)32-37/h1-32H. The molecule has 0 radical (unpaired) electrons. The molecule has 3 heterocycles. The SMILES string of the molecule is c1ccc(-c2ccc(-c3cc(-c4nc(-c5ccccc5)nc(-c5ccc6c(c5)sc5ccccc56)n4)cc(-n4c5ccccc5c5ccccc54)c3)cc2)cc1. The van der Waals surface area contributed by atoms with Gasteiger partial charge in [0.05, 0.1) is 11.0 Å². The van der Waals surface area contributed by atoms with Gasteiger partial charge in [0.1, 0.15) is 0 Å². The molecule has 3 aromatic heterocycles. The van der Waals surface area contributed by atoms with Crippen LogP contribution in [0.25, 0.3) is 104 Å². The van der Waals surface area contributed by atoms with Crippen molar-refractivity contribution in [1.82, 2.24) is 19.5 Å². The van der Waals surface area contributed by atoms with Crippen molar-refractivity contribution < 1.29 is 0 Å². The van der Waals surface area contributed by atoms with Gasteiger partial charge in [-0.2, -0.15) is 0 Å². The fourth-order valence-electron chi connectivity index (χ4n) is 7.94. The van der Waals surface area contributed by atoms with Crippen molar-refractivity contribution in [3.8, 4) is 62.1 Å². The van der Waals surface area contributed by atoms with Crippen LogP contribution in [0.1, 0.15) is 0 Å². The van der Waals surface area contributed by atoms with E-state index in [4.69, 9.17) is 15.0 Å². The van der Waals surface area contributed by atoms with E-state index in [9.17, 15) is 0 Å². The molecule has 56 heavy (non-hydrogen) atoms. The lowest BCUT2D eigenvalue weighted by Crippen LogP contribution is -2.01. The van der Waals surface area contributed by atoms with Gasteiger partial charge >= 0.3 is 0 Å². The second kappa shape index (κ2) is 13.3. The van der Waals surface area contributed by atoms with Crippen molar-refractivity contribution in [2.75, 3.05) is 0 Å². The minimum atomic E-state index is 0.620. The van der Waals surface area contributed by atoms with Crippen molar-refractivity contribution in [3.63, 3.8) is 0 Å². The van der Waals surface area contributed by atoms with Gasteiger partial charge in [0.15, 0.2) is 17.5 Å². The molecule has 11 rings (SSSR count). The molecule has 8 aromatic carbocycles. The van der Waals surface area contributed by atoms with Crippen LogP contribution < -0.4 is 0 Å². The topological polar surface area (TPSA) is 43.6 Å². The van der Waals surface area contributed by atoms with E-state index in [0.717, 1.165) is 44.5 Å². The summed E-state index contributed by atoms with van der Waals surface area (Å²) in [7, 11) is 0. The van der Waals surface area contributed by atoms with Crippen LogP contribution in [0.5, 0.6) is 0 Å². The second-order valence-electron chi connectivity index (χ2n) is 14.1. The third kappa shape index (κ3) is 5.56. The van der Waals surface area contributed by atoms with Gasteiger partial charge in [-0.25, -0.2) is 15.0 Å². The molecule has 0 bridgehead atoms. The fraction of sp³-hybridized carbons (Fsp3) is 0. The van der Waals surface area contributed by atoms with E-state index in [2.05, 4.69) is 180 Å². The van der Waals surface area contributed by atoms with Gasteiger partial charge in [-0.3, -0.25) is 0 Å². The van der Waals surface area contributed by atoms with Crippen molar-refractivity contribution in [2.24, 2.45) is 0 Å². The van der Waals surface area contributed by atoms with Crippen LogP contribution in [0, 0.1) is 0 Å². The Labute approximate surface area is 327 Å². The van der Waals surface area contributed by atoms with E-state index in [1.54, 1.807) is 11.3 Å². The summed E-state index contributed by atoms with van der Waals surface area (Å²) in [6.45, 7) is 0. The van der Waals surface area contributed by atoms with Gasteiger partial charge in [-0.15, -0.1) is 11.3 Å². The Balaban J connectivity index is 1.14. The van der Waals surface area contributed by atoms with Gasteiger partial charge in [0.2, 0.25) is 0 Å². The summed E-state index contributed by atoms with van der Waals surface area (Å²) >= 11 is 1.80. The Bertz CT molecular complexity index is 3180. The lowest BCUT2D eigenvalue weighted by atomic mass is 9.98. The van der Waals surface area contributed by atoms with E-state index >= 15 is 0 Å². The van der Waals surface area contributed by atoms with Crippen LogP contribution in [-0.2, 0) is 0 Å². The van der Waals surface area contributed by atoms with Gasteiger partial charge < -0.3 is 4.57 Å². The molecule has 0 N–H and O–H groups in total. The van der Waals surface area contributed by atoms with E-state index in [1.165, 1.54) is 42.1 Å². The Kier molecular flexibility index (Phi) is 7.64. The van der Waals surface area contributed by atoms with E-state index in [-0.39, 0.29) is 0 Å². The highest BCUT2D eigenvalue weighted by Gasteiger charge is 2.18. The Morgan fingerprint density at radius 1 is 0.304 bits per heavy atom. The summed E-state index contributed by atoms with van der Waals surface area (Å²) in [4.78, 5) is 15.6. The minimum absolute atomic E-state index is 0.620. The molecule has 0 unspecified atom stereocenters. The monoisotopic (exact) mass is 732 g/mol. The highest BCUT2D eigenvalue weighted by atomic mass is 32.1. The molecular formula is C51H32N4S. The molecule has 0 saturated carbocycles. The molecule has 262 valence electrons. The first-order chi connectivity index (χ1) is 27.7. The van der Waals surface area contributed by atoms with E-state index in [1.807, 2.05) is 18.2 Å². The van der Waals surface area contributed by atoms with E-state index in [0.29, 0.717) is 17.5 Å². The van der Waals surface area contributed by atoms with Gasteiger partial charge in [0, 0.05) is 53.3 Å². The van der Waals surface area contributed by atoms with E-state index < -0.39 is 0 Å². The maximum Gasteiger partial charge on any atom is 0.164 e. The lowest BCUT2D eigenvalue weighted by molar-refractivity contribution is 1.07. The number of rotatable bonds is 6. The molecule has 4 nitrogen and oxygen atoms in total. The maximum atomic E-state index is 5.27. The Morgan fingerprint density at radius 2 is 0.768 bits per heavy atom. The molecule has 0 fully saturated rings. The largest absolute Gasteiger partial charge is 0.309 e. The number of hydrogen-bond donors (Lipinski definition) is 0. The van der Waals surface area contributed by atoms with Crippen molar-refractivity contribution in [3.05, 3.63) is 194 Å². The first kappa shape index (κ1) is 32.2. The smallest absolute Gasteiger partial charge is 0.164 e. The fourth-order valence-corrected chi connectivity index (χ4v) is 9.08. The predicted molar refractivity (Wildman–Crippen MR) is 234 cm³/mol. The number of benzene rings is 8. The molecule has 0 amide bonds. The van der Waals surface area contributed by atoms with Crippen LogP contribution in [-0.4, -0.2) is 19.5 Å². The molecule has 0 atom stereocenters. The molecule has 0 saturated heterocycles. The quantitative estimate of drug-likeness (QED) is 0.171. The zero-order chi connectivity index (χ0) is 37.0. The molecular weight excluding hydrogens is 701 g/mol. The van der Waals surface area contributed by atoms with Crippen LogP contribution >= 0.6 is 11.3 Å². The Morgan fingerprint density at radius 3 is 1.45 bits per heavy atom. The average molecular weight is 733 g/mol. The summed E-state index contributed by atoms with van der Waals surface area (Å²) < 4.78 is 4.85. The highest BCUT2D eigenvalue weighted by molar-refractivity contribution is 7.25. The van der Waals surface area contributed by atoms with Crippen LogP contribution in [0.15, 0.2) is 194 Å². The van der Waals surface area contributed by atoms with Crippen molar-refractivity contribution >= 4 is 53.3 Å². The summed E-state index contributed by atoms with van der Waals surface area (Å²) in [5.74, 6) is 1.90. The summed E-state index contributed by atoms with van der Waals surface area (Å²) in [5.41, 5.74) is 10.7. The summed E-state index contributed by atoms with van der Waals surface area (Å²) in [5, 5.41) is 4.95. The predicted octanol–water partition coefficient (Wildman–Crippen LogP) is 13.7. The number of fused-ring (bicyclic) bond motifs is 6. The van der Waals surface area contributed by atoms with Crippen molar-refractivity contribution in [2.45, 2.75) is 0 Å². The second-order valence-corrected chi connectivity index (χ2v) is 15.1. The van der Waals surface area contributed by atoms with Crippen LogP contribution in [0.3, 0.4) is 0 Å². The molecule has 5 heteroatoms. The molecule has 11 aromatic rings. The van der Waals surface area contributed by atoms with Crippen LogP contribution in [0.2, 0.25) is 0 Å².